The van der Waals surface area contributed by atoms with E-state index in [2.05, 4.69) is 35.5 Å². The van der Waals surface area contributed by atoms with Crippen LogP contribution in [-0.2, 0) is 19.5 Å². The van der Waals surface area contributed by atoms with E-state index in [1.165, 1.54) is 11.3 Å². The molecule has 0 fully saturated rings. The van der Waals surface area contributed by atoms with E-state index in [1.54, 1.807) is 0 Å². The minimum absolute atomic E-state index is 0.243. The van der Waals surface area contributed by atoms with Gasteiger partial charge in [0.15, 0.2) is 0 Å². The molecule has 4 heteroatoms. The molecule has 0 unspecified atom stereocenters. The van der Waals surface area contributed by atoms with Gasteiger partial charge in [0.25, 0.3) is 0 Å². The first-order valence-electron chi connectivity index (χ1n) is 6.78. The molecule has 2 aromatic rings. The number of hydrogen-bond donors (Lipinski definition) is 2. The van der Waals surface area contributed by atoms with Gasteiger partial charge in [-0.3, -0.25) is 4.68 Å². The first kappa shape index (κ1) is 13.6. The Bertz CT molecular complexity index is 508. The molecule has 4 nitrogen and oxygen atoms in total. The summed E-state index contributed by atoms with van der Waals surface area (Å²) in [5.41, 5.74) is 3.55. The normalized spacial score (nSPS) is 10.6. The molecule has 0 atom stereocenters. The molecule has 0 aliphatic heterocycles. The maximum Gasteiger partial charge on any atom is 0.0575 e. The van der Waals surface area contributed by atoms with Crippen molar-refractivity contribution in [2.45, 2.75) is 32.9 Å². The zero-order valence-corrected chi connectivity index (χ0v) is 11.3. The lowest BCUT2D eigenvalue weighted by molar-refractivity contribution is 0.288. The average molecular weight is 259 g/mol. The zero-order chi connectivity index (χ0) is 13.5. The van der Waals surface area contributed by atoms with E-state index >= 15 is 0 Å². The number of nitrogens with zero attached hydrogens (tertiary/aromatic N) is 2. The summed E-state index contributed by atoms with van der Waals surface area (Å²) in [6, 6.07) is 10.4. The van der Waals surface area contributed by atoms with Crippen LogP contribution in [0.25, 0.3) is 0 Å². The molecule has 102 valence electrons. The van der Waals surface area contributed by atoms with Crippen LogP contribution < -0.4 is 5.32 Å². The van der Waals surface area contributed by atoms with Crippen LogP contribution in [0.3, 0.4) is 0 Å². The van der Waals surface area contributed by atoms with E-state index in [0.717, 1.165) is 31.6 Å². The Balaban J connectivity index is 1.95. The smallest absolute Gasteiger partial charge is 0.0575 e. The minimum atomic E-state index is 0.243. The van der Waals surface area contributed by atoms with E-state index < -0.39 is 0 Å². The van der Waals surface area contributed by atoms with Crippen molar-refractivity contribution >= 4 is 5.69 Å². The highest BCUT2D eigenvalue weighted by Gasteiger charge is 2.01. The van der Waals surface area contributed by atoms with Crippen molar-refractivity contribution in [2.24, 2.45) is 0 Å². The lowest BCUT2D eigenvalue weighted by Gasteiger charge is -2.09. The quantitative estimate of drug-likeness (QED) is 0.803. The first-order chi connectivity index (χ1) is 9.33. The Kier molecular flexibility index (Phi) is 4.98. The highest BCUT2D eigenvalue weighted by molar-refractivity contribution is 5.46. The predicted octanol–water partition coefficient (Wildman–Crippen LogP) is 2.44. The lowest BCUT2D eigenvalue weighted by atomic mass is 10.1. The van der Waals surface area contributed by atoms with Gasteiger partial charge in [-0.05, 0) is 43.5 Å². The molecule has 0 saturated heterocycles. The number of benzene rings is 1. The predicted molar refractivity (Wildman–Crippen MR) is 77.1 cm³/mol. The minimum Gasteiger partial charge on any atom is -0.396 e. The number of hydrogen-bond acceptors (Lipinski definition) is 3. The topological polar surface area (TPSA) is 50.1 Å². The lowest BCUT2D eigenvalue weighted by Crippen LogP contribution is -2.07. The van der Waals surface area contributed by atoms with Gasteiger partial charge < -0.3 is 10.4 Å². The van der Waals surface area contributed by atoms with Crippen molar-refractivity contribution in [2.75, 3.05) is 11.9 Å². The summed E-state index contributed by atoms with van der Waals surface area (Å²) in [6.45, 7) is 4.00. The summed E-state index contributed by atoms with van der Waals surface area (Å²) in [6.07, 6.45) is 3.56. The molecule has 0 amide bonds. The summed E-state index contributed by atoms with van der Waals surface area (Å²) >= 11 is 0. The summed E-state index contributed by atoms with van der Waals surface area (Å²) in [7, 11) is 0. The van der Waals surface area contributed by atoms with Gasteiger partial charge in [0.05, 0.1) is 12.2 Å². The maximum absolute atomic E-state index is 8.86. The van der Waals surface area contributed by atoms with Gasteiger partial charge in [0.1, 0.15) is 0 Å². The second kappa shape index (κ2) is 6.95. The fourth-order valence-electron chi connectivity index (χ4n) is 2.11. The highest BCUT2D eigenvalue weighted by Crippen LogP contribution is 2.13. The van der Waals surface area contributed by atoms with Crippen LogP contribution in [0.4, 0.5) is 5.69 Å². The summed E-state index contributed by atoms with van der Waals surface area (Å²) in [5, 5.41) is 16.5. The Hall–Kier alpha value is -1.81. The fraction of sp³-hybridized carbons (Fsp3) is 0.400. The number of aliphatic hydroxyl groups excluding tert-OH is 1. The number of nitrogens with one attached hydrogen (secondary N) is 1. The van der Waals surface area contributed by atoms with Gasteiger partial charge in [-0.25, -0.2) is 0 Å². The van der Waals surface area contributed by atoms with Crippen LogP contribution in [0.5, 0.6) is 0 Å². The molecule has 0 radical (unpaired) electrons. The van der Waals surface area contributed by atoms with Crippen molar-refractivity contribution in [3.05, 3.63) is 47.8 Å². The first-order valence-corrected chi connectivity index (χ1v) is 6.78. The Labute approximate surface area is 114 Å². The van der Waals surface area contributed by atoms with Crippen LogP contribution in [-0.4, -0.2) is 21.5 Å². The van der Waals surface area contributed by atoms with Crippen LogP contribution in [0.2, 0.25) is 0 Å². The molecule has 1 aromatic carbocycles. The van der Waals surface area contributed by atoms with Gasteiger partial charge in [-0.2, -0.15) is 5.10 Å². The Morgan fingerprint density at radius 3 is 3.00 bits per heavy atom. The van der Waals surface area contributed by atoms with Gasteiger partial charge >= 0.3 is 0 Å². The van der Waals surface area contributed by atoms with Gasteiger partial charge in [0, 0.05) is 25.0 Å². The van der Waals surface area contributed by atoms with Crippen molar-refractivity contribution < 1.29 is 5.11 Å². The molecule has 0 aliphatic rings. The Morgan fingerprint density at radius 2 is 2.21 bits per heavy atom. The molecule has 0 spiro atoms. The fourth-order valence-corrected chi connectivity index (χ4v) is 2.11. The van der Waals surface area contributed by atoms with Crippen LogP contribution >= 0.6 is 0 Å². The molecule has 0 saturated carbocycles. The van der Waals surface area contributed by atoms with Crippen molar-refractivity contribution in [3.8, 4) is 0 Å². The van der Waals surface area contributed by atoms with Gasteiger partial charge in [-0.15, -0.1) is 0 Å². The monoisotopic (exact) mass is 259 g/mol. The summed E-state index contributed by atoms with van der Waals surface area (Å²) < 4.78 is 1.99. The van der Waals surface area contributed by atoms with E-state index in [9.17, 15) is 0 Å². The third kappa shape index (κ3) is 3.83. The third-order valence-electron chi connectivity index (χ3n) is 3.13. The molecule has 1 heterocycles. The van der Waals surface area contributed by atoms with Crippen LogP contribution in [0, 0.1) is 0 Å². The van der Waals surface area contributed by atoms with Crippen molar-refractivity contribution in [3.63, 3.8) is 0 Å². The molecule has 0 aliphatic carbocycles. The third-order valence-corrected chi connectivity index (χ3v) is 3.13. The molecular formula is C15H21N3O. The number of anilines is 1. The molecule has 0 bridgehead atoms. The molecular weight excluding hydrogens is 238 g/mol. The van der Waals surface area contributed by atoms with E-state index in [4.69, 9.17) is 5.11 Å². The average Bonchev–Trinajstić information content (AvgIpc) is 2.91. The number of aromatic nitrogens is 2. The van der Waals surface area contributed by atoms with Gasteiger partial charge in [-0.1, -0.05) is 12.1 Å². The molecule has 2 N–H and O–H groups in total. The van der Waals surface area contributed by atoms with Gasteiger partial charge in [0.2, 0.25) is 0 Å². The second-order valence-electron chi connectivity index (χ2n) is 4.52. The second-order valence-corrected chi connectivity index (χ2v) is 4.52. The van der Waals surface area contributed by atoms with E-state index in [-0.39, 0.29) is 6.61 Å². The molecule has 2 rings (SSSR count). The maximum atomic E-state index is 8.86. The SMILES string of the molecule is CCn1nccc1CNc1cccc(CCCO)c1. The van der Waals surface area contributed by atoms with E-state index in [0.29, 0.717) is 0 Å². The molecule has 1 aromatic heterocycles. The van der Waals surface area contributed by atoms with E-state index in [1.807, 2.05) is 23.0 Å². The van der Waals surface area contributed by atoms with Crippen LogP contribution in [0.1, 0.15) is 24.6 Å². The molecule has 19 heavy (non-hydrogen) atoms. The summed E-state index contributed by atoms with van der Waals surface area (Å²) in [4.78, 5) is 0. The number of aryl methyl sites for hydroxylation is 2. The zero-order valence-electron chi connectivity index (χ0n) is 11.3. The highest BCUT2D eigenvalue weighted by atomic mass is 16.2. The van der Waals surface area contributed by atoms with Crippen molar-refractivity contribution in [1.82, 2.24) is 9.78 Å². The van der Waals surface area contributed by atoms with Crippen LogP contribution in [0.15, 0.2) is 36.5 Å². The standard InChI is InChI=1S/C15H21N3O/c1-2-18-15(8-9-17-18)12-16-14-7-3-5-13(11-14)6-4-10-19/h3,5,7-9,11,16,19H,2,4,6,10,12H2,1H3. The summed E-state index contributed by atoms with van der Waals surface area (Å²) in [5.74, 6) is 0. The largest absolute Gasteiger partial charge is 0.396 e. The number of aliphatic hydroxyl groups is 1. The Morgan fingerprint density at radius 1 is 1.32 bits per heavy atom. The number of rotatable bonds is 7. The van der Waals surface area contributed by atoms with Crippen molar-refractivity contribution in [1.29, 1.82) is 0 Å².